The molecule has 7 heteroatoms. The molecule has 3 aromatic rings. The van der Waals surface area contributed by atoms with Crippen molar-refractivity contribution < 1.29 is 17.9 Å². The second kappa shape index (κ2) is 5.99. The first-order chi connectivity index (χ1) is 11.4. The summed E-state index contributed by atoms with van der Waals surface area (Å²) in [4.78, 5) is 16.2. The molecule has 0 bridgehead atoms. The van der Waals surface area contributed by atoms with Gasteiger partial charge >= 0.3 is 6.18 Å². The molecular formula is C17H13F3N2O2. The van der Waals surface area contributed by atoms with E-state index in [2.05, 4.69) is 4.98 Å². The topological polar surface area (TPSA) is 44.1 Å². The SMILES string of the molecule is COc1ccc(Cn2c(C(F)(F)F)nc3ccccc3c2=O)cc1. The van der Waals surface area contributed by atoms with E-state index in [4.69, 9.17) is 4.74 Å². The molecule has 0 aliphatic heterocycles. The molecule has 0 spiro atoms. The van der Waals surface area contributed by atoms with Crippen molar-refractivity contribution in [3.8, 4) is 5.75 Å². The fourth-order valence-electron chi connectivity index (χ4n) is 2.44. The fraction of sp³-hybridized carbons (Fsp3) is 0.176. The van der Waals surface area contributed by atoms with Crippen LogP contribution in [0.2, 0.25) is 0 Å². The van der Waals surface area contributed by atoms with Gasteiger partial charge in [0.05, 0.1) is 24.6 Å². The highest BCUT2D eigenvalue weighted by molar-refractivity contribution is 5.77. The number of benzene rings is 2. The molecule has 1 aromatic heterocycles. The predicted octanol–water partition coefficient (Wildman–Crippen LogP) is 3.47. The minimum atomic E-state index is -4.73. The number of methoxy groups -OCH3 is 1. The molecular weight excluding hydrogens is 321 g/mol. The van der Waals surface area contributed by atoms with E-state index in [1.54, 1.807) is 36.4 Å². The van der Waals surface area contributed by atoms with Gasteiger partial charge < -0.3 is 4.74 Å². The van der Waals surface area contributed by atoms with Crippen LogP contribution in [-0.4, -0.2) is 16.7 Å². The zero-order valence-electron chi connectivity index (χ0n) is 12.7. The Bertz CT molecular complexity index is 931. The largest absolute Gasteiger partial charge is 0.497 e. The van der Waals surface area contributed by atoms with Crippen molar-refractivity contribution in [3.05, 3.63) is 70.3 Å². The summed E-state index contributed by atoms with van der Waals surface area (Å²) in [5, 5.41) is 0.152. The highest BCUT2D eigenvalue weighted by atomic mass is 19.4. The Morgan fingerprint density at radius 2 is 1.75 bits per heavy atom. The maximum atomic E-state index is 13.3. The number of aromatic nitrogens is 2. The third-order valence-corrected chi connectivity index (χ3v) is 3.61. The number of hydrogen-bond acceptors (Lipinski definition) is 3. The van der Waals surface area contributed by atoms with Crippen LogP contribution in [0.1, 0.15) is 11.4 Å². The standard InChI is InChI=1S/C17H13F3N2O2/c1-24-12-8-6-11(7-9-12)10-22-15(23)13-4-2-3-5-14(13)21-16(22)17(18,19)20/h2-9H,10H2,1H3. The Morgan fingerprint density at radius 3 is 2.38 bits per heavy atom. The highest BCUT2D eigenvalue weighted by Crippen LogP contribution is 2.28. The van der Waals surface area contributed by atoms with E-state index >= 15 is 0 Å². The van der Waals surface area contributed by atoms with E-state index in [1.165, 1.54) is 19.2 Å². The van der Waals surface area contributed by atoms with Crippen molar-refractivity contribution in [2.24, 2.45) is 0 Å². The molecule has 1 heterocycles. The van der Waals surface area contributed by atoms with Crippen LogP contribution in [0.4, 0.5) is 13.2 Å². The van der Waals surface area contributed by atoms with Crippen molar-refractivity contribution in [2.75, 3.05) is 7.11 Å². The first-order valence-electron chi connectivity index (χ1n) is 7.10. The zero-order chi connectivity index (χ0) is 17.3. The van der Waals surface area contributed by atoms with Crippen LogP contribution in [0.25, 0.3) is 10.9 Å². The van der Waals surface area contributed by atoms with Gasteiger partial charge in [-0.3, -0.25) is 9.36 Å². The molecule has 0 unspecified atom stereocenters. The molecule has 0 saturated carbocycles. The van der Waals surface area contributed by atoms with Gasteiger partial charge in [-0.15, -0.1) is 0 Å². The first kappa shape index (κ1) is 16.0. The van der Waals surface area contributed by atoms with E-state index in [0.717, 1.165) is 0 Å². The third kappa shape index (κ3) is 2.97. The maximum absolute atomic E-state index is 13.3. The number of halogens is 3. The van der Waals surface area contributed by atoms with Crippen LogP contribution >= 0.6 is 0 Å². The normalized spacial score (nSPS) is 11.7. The summed E-state index contributed by atoms with van der Waals surface area (Å²) in [5.74, 6) is -0.624. The minimum Gasteiger partial charge on any atom is -0.497 e. The summed E-state index contributed by atoms with van der Waals surface area (Å²) >= 11 is 0. The van der Waals surface area contributed by atoms with Crippen LogP contribution in [0.3, 0.4) is 0 Å². The van der Waals surface area contributed by atoms with Crippen molar-refractivity contribution >= 4 is 10.9 Å². The average Bonchev–Trinajstić information content (AvgIpc) is 2.57. The van der Waals surface area contributed by atoms with E-state index in [9.17, 15) is 18.0 Å². The van der Waals surface area contributed by atoms with Gasteiger partial charge in [-0.05, 0) is 29.8 Å². The number of fused-ring (bicyclic) bond motifs is 1. The van der Waals surface area contributed by atoms with E-state index in [1.807, 2.05) is 0 Å². The molecule has 124 valence electrons. The molecule has 0 radical (unpaired) electrons. The molecule has 3 rings (SSSR count). The van der Waals surface area contributed by atoms with Crippen LogP contribution < -0.4 is 10.3 Å². The molecule has 0 atom stereocenters. The number of hydrogen-bond donors (Lipinski definition) is 0. The Morgan fingerprint density at radius 1 is 1.08 bits per heavy atom. The van der Waals surface area contributed by atoms with Gasteiger partial charge in [0.15, 0.2) is 0 Å². The monoisotopic (exact) mass is 334 g/mol. The first-order valence-corrected chi connectivity index (χ1v) is 7.10. The molecule has 0 N–H and O–H groups in total. The number of para-hydroxylation sites is 1. The molecule has 4 nitrogen and oxygen atoms in total. The summed E-state index contributed by atoms with van der Waals surface area (Å²) in [5.41, 5.74) is -0.148. The zero-order valence-corrected chi connectivity index (χ0v) is 12.7. The van der Waals surface area contributed by atoms with Gasteiger partial charge in [0.2, 0.25) is 5.82 Å². The lowest BCUT2D eigenvalue weighted by Gasteiger charge is -2.15. The quantitative estimate of drug-likeness (QED) is 0.737. The fourth-order valence-corrected chi connectivity index (χ4v) is 2.44. The molecule has 2 aromatic carbocycles. The van der Waals surface area contributed by atoms with Crippen molar-refractivity contribution in [2.45, 2.75) is 12.7 Å². The number of ether oxygens (including phenoxy) is 1. The lowest BCUT2D eigenvalue weighted by atomic mass is 10.2. The van der Waals surface area contributed by atoms with Gasteiger partial charge in [0.1, 0.15) is 5.75 Å². The van der Waals surface area contributed by atoms with Gasteiger partial charge in [-0.2, -0.15) is 13.2 Å². The highest BCUT2D eigenvalue weighted by Gasteiger charge is 2.37. The summed E-state index contributed by atoms with van der Waals surface area (Å²) in [6, 6.07) is 12.5. The van der Waals surface area contributed by atoms with Gasteiger partial charge in [-0.25, -0.2) is 4.98 Å². The van der Waals surface area contributed by atoms with Crippen molar-refractivity contribution in [3.63, 3.8) is 0 Å². The van der Waals surface area contributed by atoms with E-state index in [-0.39, 0.29) is 17.4 Å². The van der Waals surface area contributed by atoms with E-state index < -0.39 is 17.6 Å². The van der Waals surface area contributed by atoms with Crippen molar-refractivity contribution in [1.82, 2.24) is 9.55 Å². The summed E-state index contributed by atoms with van der Waals surface area (Å²) in [6.45, 7) is -0.227. The molecule has 24 heavy (non-hydrogen) atoms. The summed E-state index contributed by atoms with van der Waals surface area (Å²) in [6.07, 6.45) is -4.73. The van der Waals surface area contributed by atoms with Crippen LogP contribution in [0.5, 0.6) is 5.75 Å². The second-order valence-electron chi connectivity index (χ2n) is 5.19. The molecule has 0 aliphatic carbocycles. The molecule has 0 aliphatic rings. The Kier molecular flexibility index (Phi) is 4.01. The smallest absolute Gasteiger partial charge is 0.449 e. The summed E-state index contributed by atoms with van der Waals surface area (Å²) < 4.78 is 45.7. The number of nitrogens with zero attached hydrogens (tertiary/aromatic N) is 2. The van der Waals surface area contributed by atoms with Gasteiger partial charge in [0, 0.05) is 0 Å². The minimum absolute atomic E-state index is 0.0285. The van der Waals surface area contributed by atoms with Gasteiger partial charge in [0.25, 0.3) is 5.56 Å². The summed E-state index contributed by atoms with van der Waals surface area (Å²) in [7, 11) is 1.49. The number of rotatable bonds is 3. The molecule has 0 amide bonds. The average molecular weight is 334 g/mol. The van der Waals surface area contributed by atoms with Crippen LogP contribution in [0, 0.1) is 0 Å². The Labute approximate surface area is 135 Å². The molecule has 0 fully saturated rings. The van der Waals surface area contributed by atoms with Gasteiger partial charge in [-0.1, -0.05) is 24.3 Å². The second-order valence-corrected chi connectivity index (χ2v) is 5.19. The van der Waals surface area contributed by atoms with Crippen LogP contribution in [0.15, 0.2) is 53.3 Å². The maximum Gasteiger partial charge on any atom is 0.449 e. The predicted molar refractivity (Wildman–Crippen MR) is 83.1 cm³/mol. The number of alkyl halides is 3. The Hall–Kier alpha value is -2.83. The lowest BCUT2D eigenvalue weighted by Crippen LogP contribution is -2.30. The Balaban J connectivity index is 2.17. The van der Waals surface area contributed by atoms with Crippen molar-refractivity contribution in [1.29, 1.82) is 0 Å². The molecule has 0 saturated heterocycles. The van der Waals surface area contributed by atoms with Crippen LogP contribution in [-0.2, 0) is 12.7 Å². The lowest BCUT2D eigenvalue weighted by molar-refractivity contribution is -0.147. The third-order valence-electron chi connectivity index (χ3n) is 3.61. The van der Waals surface area contributed by atoms with E-state index in [0.29, 0.717) is 15.9 Å².